The lowest BCUT2D eigenvalue weighted by Crippen LogP contribution is -2.23. The molecule has 0 heterocycles. The highest BCUT2D eigenvalue weighted by Gasteiger charge is 2.12. The first-order valence-electron chi connectivity index (χ1n) is 5.97. The maximum absolute atomic E-state index is 9.57. The Morgan fingerprint density at radius 3 is 2.67 bits per heavy atom. The summed E-state index contributed by atoms with van der Waals surface area (Å²) in [7, 11) is 1.53. The molecule has 1 atom stereocenters. The van der Waals surface area contributed by atoms with Crippen LogP contribution in [0, 0.1) is 0 Å². The van der Waals surface area contributed by atoms with Crippen molar-refractivity contribution in [1.29, 1.82) is 0 Å². The van der Waals surface area contributed by atoms with Crippen LogP contribution < -0.4 is 15.2 Å². The molecule has 0 aliphatic heterocycles. The van der Waals surface area contributed by atoms with E-state index in [0.717, 1.165) is 5.56 Å². The molecule has 18 heavy (non-hydrogen) atoms. The van der Waals surface area contributed by atoms with Gasteiger partial charge in [-0.2, -0.15) is 0 Å². The third-order valence-corrected chi connectivity index (χ3v) is 2.36. The average Bonchev–Trinajstić information content (AvgIpc) is 2.37. The van der Waals surface area contributed by atoms with Crippen LogP contribution in [0.5, 0.6) is 11.5 Å². The molecule has 0 fully saturated rings. The second kappa shape index (κ2) is 7.92. The first kappa shape index (κ1) is 14.8. The summed E-state index contributed by atoms with van der Waals surface area (Å²) in [6, 6.07) is 5.56. The van der Waals surface area contributed by atoms with Gasteiger partial charge in [0.25, 0.3) is 0 Å². The minimum atomic E-state index is -0.671. The second-order valence-electron chi connectivity index (χ2n) is 3.80. The van der Waals surface area contributed by atoms with Gasteiger partial charge in [0.05, 0.1) is 13.2 Å². The Hall–Kier alpha value is -1.30. The van der Waals surface area contributed by atoms with Crippen LogP contribution in [0.25, 0.3) is 0 Å². The molecule has 5 nitrogen and oxygen atoms in total. The van der Waals surface area contributed by atoms with Gasteiger partial charge in [0.1, 0.15) is 12.7 Å². The van der Waals surface area contributed by atoms with Crippen molar-refractivity contribution in [3.05, 3.63) is 23.8 Å². The van der Waals surface area contributed by atoms with Gasteiger partial charge in [0.2, 0.25) is 0 Å². The zero-order valence-electron chi connectivity index (χ0n) is 10.9. The van der Waals surface area contributed by atoms with Crippen molar-refractivity contribution >= 4 is 0 Å². The van der Waals surface area contributed by atoms with E-state index < -0.39 is 6.10 Å². The number of aliphatic hydroxyl groups excluding tert-OH is 1. The molecule has 102 valence electrons. The van der Waals surface area contributed by atoms with Gasteiger partial charge in [-0.05, 0) is 13.0 Å². The number of benzene rings is 1. The van der Waals surface area contributed by atoms with Crippen LogP contribution in [-0.4, -0.2) is 38.1 Å². The number of rotatable bonds is 8. The summed E-state index contributed by atoms with van der Waals surface area (Å²) in [5.74, 6) is 1.24. The van der Waals surface area contributed by atoms with Crippen molar-refractivity contribution in [2.45, 2.75) is 19.6 Å². The number of aliphatic hydroxyl groups is 1. The molecule has 3 N–H and O–H groups in total. The van der Waals surface area contributed by atoms with E-state index in [9.17, 15) is 5.11 Å². The maximum Gasteiger partial charge on any atom is 0.165 e. The van der Waals surface area contributed by atoms with Crippen molar-refractivity contribution in [3.8, 4) is 11.5 Å². The molecule has 0 amide bonds. The van der Waals surface area contributed by atoms with Gasteiger partial charge in [-0.1, -0.05) is 12.1 Å². The molecule has 1 aromatic rings. The molecule has 0 bridgehead atoms. The number of para-hydroxylation sites is 1. The smallest absolute Gasteiger partial charge is 0.165 e. The van der Waals surface area contributed by atoms with Crippen LogP contribution >= 0.6 is 0 Å². The molecule has 1 rings (SSSR count). The molecule has 1 unspecified atom stereocenters. The standard InChI is InChI=1S/C13H21NO4/c1-3-17-12-6-4-5-10(7-14)13(12)18-9-11(15)8-16-2/h4-6,11,15H,3,7-9,14H2,1-2H3. The minimum Gasteiger partial charge on any atom is -0.490 e. The predicted molar refractivity (Wildman–Crippen MR) is 68.9 cm³/mol. The van der Waals surface area contributed by atoms with E-state index in [4.69, 9.17) is 19.9 Å². The number of hydrogen-bond donors (Lipinski definition) is 2. The molecule has 0 saturated heterocycles. The third kappa shape index (κ3) is 4.18. The zero-order valence-corrected chi connectivity index (χ0v) is 10.9. The van der Waals surface area contributed by atoms with Crippen LogP contribution in [0.2, 0.25) is 0 Å². The minimum absolute atomic E-state index is 0.144. The van der Waals surface area contributed by atoms with E-state index >= 15 is 0 Å². The summed E-state index contributed by atoms with van der Waals surface area (Å²) in [5, 5.41) is 9.57. The van der Waals surface area contributed by atoms with Gasteiger partial charge in [-0.25, -0.2) is 0 Å². The van der Waals surface area contributed by atoms with Crippen LogP contribution in [0.1, 0.15) is 12.5 Å². The third-order valence-electron chi connectivity index (χ3n) is 2.36. The normalized spacial score (nSPS) is 12.2. The maximum atomic E-state index is 9.57. The zero-order chi connectivity index (χ0) is 13.4. The highest BCUT2D eigenvalue weighted by Crippen LogP contribution is 2.31. The van der Waals surface area contributed by atoms with Gasteiger partial charge < -0.3 is 25.1 Å². The fraction of sp³-hybridized carbons (Fsp3) is 0.538. The monoisotopic (exact) mass is 255 g/mol. The molecule has 0 aliphatic carbocycles. The Morgan fingerprint density at radius 2 is 2.06 bits per heavy atom. The number of nitrogens with two attached hydrogens (primary N) is 1. The average molecular weight is 255 g/mol. The number of methoxy groups -OCH3 is 1. The summed E-state index contributed by atoms with van der Waals surface area (Å²) in [6.07, 6.45) is -0.671. The fourth-order valence-corrected chi connectivity index (χ4v) is 1.58. The molecular formula is C13H21NO4. The number of hydrogen-bond acceptors (Lipinski definition) is 5. The summed E-state index contributed by atoms with van der Waals surface area (Å²) in [6.45, 7) is 3.18. The van der Waals surface area contributed by atoms with E-state index in [1.54, 1.807) is 0 Å². The molecule has 0 radical (unpaired) electrons. The largest absolute Gasteiger partial charge is 0.490 e. The van der Waals surface area contributed by atoms with Crippen LogP contribution in [0.3, 0.4) is 0 Å². The summed E-state index contributed by atoms with van der Waals surface area (Å²) in [5.41, 5.74) is 6.51. The summed E-state index contributed by atoms with van der Waals surface area (Å²) >= 11 is 0. The van der Waals surface area contributed by atoms with Gasteiger partial charge in [-0.3, -0.25) is 0 Å². The fourth-order valence-electron chi connectivity index (χ4n) is 1.58. The lowest BCUT2D eigenvalue weighted by Gasteiger charge is -2.17. The molecule has 1 aromatic carbocycles. The molecule has 5 heteroatoms. The molecule has 0 saturated carbocycles. The topological polar surface area (TPSA) is 73.9 Å². The van der Waals surface area contributed by atoms with Crippen molar-refractivity contribution in [1.82, 2.24) is 0 Å². The van der Waals surface area contributed by atoms with Gasteiger partial charge in [0.15, 0.2) is 11.5 Å². The SMILES string of the molecule is CCOc1cccc(CN)c1OCC(O)COC. The van der Waals surface area contributed by atoms with Gasteiger partial charge in [0, 0.05) is 19.2 Å². The van der Waals surface area contributed by atoms with Crippen molar-refractivity contribution in [3.63, 3.8) is 0 Å². The number of ether oxygens (including phenoxy) is 3. The quantitative estimate of drug-likeness (QED) is 0.723. The van der Waals surface area contributed by atoms with Gasteiger partial charge in [-0.15, -0.1) is 0 Å². The Labute approximate surface area is 107 Å². The van der Waals surface area contributed by atoms with E-state index in [0.29, 0.717) is 24.7 Å². The van der Waals surface area contributed by atoms with Crippen molar-refractivity contribution < 1.29 is 19.3 Å². The van der Waals surface area contributed by atoms with Crippen molar-refractivity contribution in [2.24, 2.45) is 5.73 Å². The second-order valence-corrected chi connectivity index (χ2v) is 3.80. The molecule has 0 aliphatic rings. The van der Waals surface area contributed by atoms with Crippen LogP contribution in [-0.2, 0) is 11.3 Å². The highest BCUT2D eigenvalue weighted by atomic mass is 16.5. The van der Waals surface area contributed by atoms with E-state index in [1.165, 1.54) is 7.11 Å². The van der Waals surface area contributed by atoms with E-state index in [-0.39, 0.29) is 13.2 Å². The first-order chi connectivity index (χ1) is 8.72. The Kier molecular flexibility index (Phi) is 6.49. The molecule has 0 spiro atoms. The van der Waals surface area contributed by atoms with E-state index in [1.807, 2.05) is 25.1 Å². The Bertz CT molecular complexity index is 357. The first-order valence-corrected chi connectivity index (χ1v) is 5.97. The Balaban J connectivity index is 2.77. The van der Waals surface area contributed by atoms with Crippen LogP contribution in [0.4, 0.5) is 0 Å². The van der Waals surface area contributed by atoms with Crippen LogP contribution in [0.15, 0.2) is 18.2 Å². The predicted octanol–water partition coefficient (Wildman–Crippen LogP) is 0.930. The summed E-state index contributed by atoms with van der Waals surface area (Å²) in [4.78, 5) is 0. The highest BCUT2D eigenvalue weighted by molar-refractivity contribution is 5.46. The summed E-state index contributed by atoms with van der Waals surface area (Å²) < 4.78 is 15.9. The molecular weight excluding hydrogens is 234 g/mol. The lowest BCUT2D eigenvalue weighted by atomic mass is 10.2. The van der Waals surface area contributed by atoms with Crippen molar-refractivity contribution in [2.75, 3.05) is 26.9 Å². The Morgan fingerprint density at radius 1 is 1.28 bits per heavy atom. The molecule has 0 aromatic heterocycles. The van der Waals surface area contributed by atoms with Gasteiger partial charge >= 0.3 is 0 Å². The lowest BCUT2D eigenvalue weighted by molar-refractivity contribution is 0.0315. The van der Waals surface area contributed by atoms with E-state index in [2.05, 4.69) is 0 Å².